The Bertz CT molecular complexity index is 718. The summed E-state index contributed by atoms with van der Waals surface area (Å²) >= 11 is 0. The van der Waals surface area contributed by atoms with Crippen molar-refractivity contribution >= 4 is 17.5 Å². The zero-order chi connectivity index (χ0) is 16.1. The summed E-state index contributed by atoms with van der Waals surface area (Å²) in [7, 11) is 0. The summed E-state index contributed by atoms with van der Waals surface area (Å²) in [6.07, 6.45) is 0. The minimum absolute atomic E-state index is 0.0285. The minimum atomic E-state index is -0.666. The van der Waals surface area contributed by atoms with Crippen LogP contribution in [0.2, 0.25) is 0 Å². The van der Waals surface area contributed by atoms with E-state index in [9.17, 15) is 19.8 Å². The van der Waals surface area contributed by atoms with Gasteiger partial charge in [0.15, 0.2) is 0 Å². The van der Waals surface area contributed by atoms with E-state index in [1.165, 1.54) is 42.5 Å². The number of anilines is 1. The van der Waals surface area contributed by atoms with Gasteiger partial charge in [-0.25, -0.2) is 5.84 Å². The number of carbonyl (C=O) groups excluding carboxylic acids is 2. The normalized spacial score (nSPS) is 9.86. The van der Waals surface area contributed by atoms with Gasteiger partial charge < -0.3 is 10.2 Å². The van der Waals surface area contributed by atoms with Gasteiger partial charge in [0, 0.05) is 5.56 Å². The van der Waals surface area contributed by atoms with E-state index in [1.54, 1.807) is 0 Å². The van der Waals surface area contributed by atoms with Crippen LogP contribution in [-0.4, -0.2) is 22.0 Å². The van der Waals surface area contributed by atoms with Crippen LogP contribution in [-0.2, 0) is 0 Å². The predicted octanol–water partition coefficient (Wildman–Crippen LogP) is 0.458. The fraction of sp³-hybridized carbons (Fsp3) is 0. The molecule has 0 aromatic heterocycles. The van der Waals surface area contributed by atoms with E-state index in [4.69, 9.17) is 5.84 Å². The third-order valence-electron chi connectivity index (χ3n) is 2.80. The van der Waals surface area contributed by atoms with Gasteiger partial charge in [0.25, 0.3) is 11.8 Å². The lowest BCUT2D eigenvalue weighted by Gasteiger charge is -2.10. The van der Waals surface area contributed by atoms with Gasteiger partial charge in [-0.2, -0.15) is 0 Å². The Morgan fingerprint density at radius 2 is 1.77 bits per heavy atom. The lowest BCUT2D eigenvalue weighted by atomic mass is 10.1. The number of aromatic hydroxyl groups is 2. The van der Waals surface area contributed by atoms with E-state index >= 15 is 0 Å². The monoisotopic (exact) mass is 302 g/mol. The molecule has 8 heteroatoms. The van der Waals surface area contributed by atoms with Crippen molar-refractivity contribution in [2.45, 2.75) is 0 Å². The van der Waals surface area contributed by atoms with Crippen molar-refractivity contribution < 1.29 is 19.8 Å². The predicted molar refractivity (Wildman–Crippen MR) is 79.0 cm³/mol. The largest absolute Gasteiger partial charge is 0.508 e. The summed E-state index contributed by atoms with van der Waals surface area (Å²) in [6.45, 7) is 0. The van der Waals surface area contributed by atoms with Crippen molar-refractivity contribution in [2.24, 2.45) is 5.84 Å². The lowest BCUT2D eigenvalue weighted by molar-refractivity contribution is 0.0948. The molecule has 2 aromatic rings. The van der Waals surface area contributed by atoms with Gasteiger partial charge >= 0.3 is 0 Å². The second-order valence-corrected chi connectivity index (χ2v) is 4.33. The van der Waals surface area contributed by atoms with Crippen LogP contribution < -0.4 is 22.1 Å². The summed E-state index contributed by atoms with van der Waals surface area (Å²) < 4.78 is 0. The Hall–Kier alpha value is -3.26. The Morgan fingerprint density at radius 1 is 1.00 bits per heavy atom. The highest BCUT2D eigenvalue weighted by molar-refractivity contribution is 5.98. The number of nitrogen functional groups attached to an aromatic ring is 1. The molecule has 0 fully saturated rings. The van der Waals surface area contributed by atoms with Gasteiger partial charge in [-0.15, -0.1) is 0 Å². The zero-order valence-electron chi connectivity index (χ0n) is 11.3. The Labute approximate surface area is 125 Å². The number of carbonyl (C=O) groups is 2. The first-order valence-electron chi connectivity index (χ1n) is 6.20. The molecule has 0 aliphatic heterocycles. The van der Waals surface area contributed by atoms with Gasteiger partial charge in [0.2, 0.25) is 0 Å². The van der Waals surface area contributed by atoms with Gasteiger partial charge in [-0.3, -0.25) is 25.9 Å². The second kappa shape index (κ2) is 6.46. The van der Waals surface area contributed by atoms with Crippen LogP contribution in [0.5, 0.6) is 11.5 Å². The van der Waals surface area contributed by atoms with Crippen LogP contribution in [0.1, 0.15) is 20.7 Å². The van der Waals surface area contributed by atoms with Crippen LogP contribution in [0.4, 0.5) is 5.69 Å². The van der Waals surface area contributed by atoms with Gasteiger partial charge in [-0.1, -0.05) is 6.07 Å². The highest BCUT2D eigenvalue weighted by Crippen LogP contribution is 2.21. The summed E-state index contributed by atoms with van der Waals surface area (Å²) in [5.41, 5.74) is 7.48. The van der Waals surface area contributed by atoms with Gasteiger partial charge in [0.1, 0.15) is 11.5 Å². The smallest absolute Gasteiger partial charge is 0.269 e. The van der Waals surface area contributed by atoms with Gasteiger partial charge in [-0.05, 0) is 36.4 Å². The van der Waals surface area contributed by atoms with Crippen molar-refractivity contribution in [1.29, 1.82) is 0 Å². The number of hydrogen-bond acceptors (Lipinski definition) is 6. The molecular weight excluding hydrogens is 288 g/mol. The molecule has 0 aliphatic carbocycles. The van der Waals surface area contributed by atoms with Crippen molar-refractivity contribution in [1.82, 2.24) is 10.9 Å². The van der Waals surface area contributed by atoms with Crippen LogP contribution in [0.3, 0.4) is 0 Å². The first kappa shape index (κ1) is 15.1. The van der Waals surface area contributed by atoms with Crippen LogP contribution in [0, 0.1) is 0 Å². The fourth-order valence-electron chi connectivity index (χ4n) is 1.72. The summed E-state index contributed by atoms with van der Waals surface area (Å²) in [5, 5.41) is 18.9. The molecule has 0 atom stereocenters. The van der Waals surface area contributed by atoms with Crippen LogP contribution in [0.25, 0.3) is 0 Å². The molecule has 2 aromatic carbocycles. The summed E-state index contributed by atoms with van der Waals surface area (Å²) in [4.78, 5) is 23.3. The number of hydrazine groups is 2. The summed E-state index contributed by atoms with van der Waals surface area (Å²) in [6, 6.07) is 9.89. The Balaban J connectivity index is 2.08. The maximum Gasteiger partial charge on any atom is 0.269 e. The maximum absolute atomic E-state index is 11.9. The third-order valence-corrected chi connectivity index (χ3v) is 2.80. The van der Waals surface area contributed by atoms with E-state index in [0.29, 0.717) is 5.69 Å². The van der Waals surface area contributed by atoms with Crippen LogP contribution in [0.15, 0.2) is 42.5 Å². The lowest BCUT2D eigenvalue weighted by Crippen LogP contribution is -2.31. The molecule has 2 rings (SSSR count). The molecule has 2 amide bonds. The average molecular weight is 302 g/mol. The number of benzene rings is 2. The third kappa shape index (κ3) is 3.44. The number of amides is 2. The highest BCUT2D eigenvalue weighted by Gasteiger charge is 2.11. The molecule has 114 valence electrons. The first-order valence-corrected chi connectivity index (χ1v) is 6.20. The molecular formula is C14H14N4O4. The van der Waals surface area contributed by atoms with E-state index in [1.807, 2.05) is 5.43 Å². The SMILES string of the molecule is NNC(=O)c1cc(NNC(=O)c2cccc(O)c2)ccc1O. The number of nitrogens with two attached hydrogens (primary N) is 1. The van der Waals surface area contributed by atoms with E-state index in [2.05, 4.69) is 10.9 Å². The number of rotatable bonds is 4. The molecule has 0 bridgehead atoms. The highest BCUT2D eigenvalue weighted by atomic mass is 16.3. The molecule has 0 aliphatic rings. The molecule has 7 N–H and O–H groups in total. The Kier molecular flexibility index (Phi) is 4.44. The molecule has 8 nitrogen and oxygen atoms in total. The maximum atomic E-state index is 11.9. The molecule has 0 unspecified atom stereocenters. The second-order valence-electron chi connectivity index (χ2n) is 4.33. The van der Waals surface area contributed by atoms with Crippen LogP contribution >= 0.6 is 0 Å². The topological polar surface area (TPSA) is 137 Å². The number of hydrogen-bond donors (Lipinski definition) is 6. The van der Waals surface area contributed by atoms with E-state index in [-0.39, 0.29) is 22.6 Å². The Morgan fingerprint density at radius 3 is 2.45 bits per heavy atom. The van der Waals surface area contributed by atoms with E-state index in [0.717, 1.165) is 0 Å². The average Bonchev–Trinajstić information content (AvgIpc) is 2.53. The number of phenols is 2. The molecule has 0 heterocycles. The molecule has 0 saturated heterocycles. The molecule has 0 spiro atoms. The van der Waals surface area contributed by atoms with Gasteiger partial charge in [0.05, 0.1) is 11.3 Å². The standard InChI is InChI=1S/C14H14N4O4/c15-16-14(22)11-7-9(4-5-12(11)20)17-18-13(21)8-2-1-3-10(19)6-8/h1-7,17,19-20H,15H2,(H,16,22)(H,18,21). The van der Waals surface area contributed by atoms with Crippen molar-refractivity contribution in [3.8, 4) is 11.5 Å². The van der Waals surface area contributed by atoms with E-state index < -0.39 is 11.8 Å². The molecule has 0 saturated carbocycles. The minimum Gasteiger partial charge on any atom is -0.508 e. The fourth-order valence-corrected chi connectivity index (χ4v) is 1.72. The van der Waals surface area contributed by atoms with Crippen molar-refractivity contribution in [2.75, 3.05) is 5.43 Å². The summed E-state index contributed by atoms with van der Waals surface area (Å²) in [5.74, 6) is 3.60. The molecule has 22 heavy (non-hydrogen) atoms. The van der Waals surface area contributed by atoms with Crippen molar-refractivity contribution in [3.05, 3.63) is 53.6 Å². The number of nitrogens with one attached hydrogen (secondary N) is 3. The molecule has 0 radical (unpaired) electrons. The number of phenolic OH excluding ortho intramolecular Hbond substituents is 2. The zero-order valence-corrected chi connectivity index (χ0v) is 11.3. The quantitative estimate of drug-likeness (QED) is 0.210. The first-order chi connectivity index (χ1) is 10.5. The van der Waals surface area contributed by atoms with Crippen molar-refractivity contribution in [3.63, 3.8) is 0 Å².